The molecule has 7 heteroatoms. The van der Waals surface area contributed by atoms with E-state index in [0.29, 0.717) is 21.6 Å². The second-order valence-electron chi connectivity index (χ2n) is 6.79. The van der Waals surface area contributed by atoms with Crippen molar-refractivity contribution in [3.63, 3.8) is 0 Å². The Hall–Kier alpha value is -1.95. The Labute approximate surface area is 170 Å². The number of rotatable bonds is 2. The number of thiophene rings is 1. The molecule has 2 aliphatic rings. The molecular formula is C20H16Cl2N2O2S. The summed E-state index contributed by atoms with van der Waals surface area (Å²) in [5.41, 5.74) is 2.76. The number of aryl methyl sites for hydroxylation is 1. The molecule has 1 atom stereocenters. The van der Waals surface area contributed by atoms with Crippen LogP contribution in [-0.2, 0) is 12.8 Å². The molecule has 0 saturated carbocycles. The molecule has 1 aliphatic heterocycles. The Morgan fingerprint density at radius 2 is 1.93 bits per heavy atom. The third kappa shape index (κ3) is 2.94. The van der Waals surface area contributed by atoms with Gasteiger partial charge in [-0.05, 0) is 61.6 Å². The molecule has 1 aliphatic carbocycles. The van der Waals surface area contributed by atoms with Gasteiger partial charge in [-0.1, -0.05) is 23.2 Å². The topological polar surface area (TPSA) is 54.3 Å². The first-order valence-corrected chi connectivity index (χ1v) is 10.4. The number of carbonyl (C=O) groups excluding carboxylic acids is 1. The summed E-state index contributed by atoms with van der Waals surface area (Å²) in [6.07, 6.45) is 3.98. The zero-order valence-electron chi connectivity index (χ0n) is 14.3. The molecule has 27 heavy (non-hydrogen) atoms. The van der Waals surface area contributed by atoms with Gasteiger partial charge in [0.15, 0.2) is 6.17 Å². The van der Waals surface area contributed by atoms with E-state index in [1.54, 1.807) is 29.5 Å². The average Bonchev–Trinajstić information content (AvgIpc) is 3.28. The number of halogens is 2. The van der Waals surface area contributed by atoms with Crippen LogP contribution in [0.5, 0.6) is 0 Å². The van der Waals surface area contributed by atoms with E-state index in [2.05, 4.69) is 10.6 Å². The van der Waals surface area contributed by atoms with E-state index in [-0.39, 0.29) is 5.91 Å². The molecule has 0 spiro atoms. The summed E-state index contributed by atoms with van der Waals surface area (Å²) in [7, 11) is 0. The van der Waals surface area contributed by atoms with Crippen LogP contribution in [0.4, 0.5) is 5.00 Å². The zero-order valence-corrected chi connectivity index (χ0v) is 16.6. The molecule has 0 bridgehead atoms. The van der Waals surface area contributed by atoms with E-state index in [4.69, 9.17) is 27.6 Å². The van der Waals surface area contributed by atoms with Crippen LogP contribution >= 0.6 is 34.5 Å². The fraction of sp³-hybridized carbons (Fsp3) is 0.250. The SMILES string of the molecule is O=C1NC(c2ccc(-c3cc(Cl)ccc3Cl)o2)Nc2sc3c(c21)CCCC3. The van der Waals surface area contributed by atoms with Crippen LogP contribution in [-0.4, -0.2) is 5.91 Å². The first-order valence-electron chi connectivity index (χ1n) is 8.87. The summed E-state index contributed by atoms with van der Waals surface area (Å²) in [6, 6.07) is 8.94. The normalized spacial score (nSPS) is 18.4. The number of anilines is 1. The zero-order chi connectivity index (χ0) is 18.5. The van der Waals surface area contributed by atoms with E-state index >= 15 is 0 Å². The molecule has 3 heterocycles. The number of carbonyl (C=O) groups is 1. The largest absolute Gasteiger partial charge is 0.457 e. The fourth-order valence-electron chi connectivity index (χ4n) is 3.76. The van der Waals surface area contributed by atoms with Crippen LogP contribution in [0.2, 0.25) is 10.0 Å². The molecule has 1 unspecified atom stereocenters. The van der Waals surface area contributed by atoms with E-state index in [0.717, 1.165) is 35.4 Å². The van der Waals surface area contributed by atoms with Crippen LogP contribution in [0.15, 0.2) is 34.7 Å². The standard InChI is InChI=1S/C20H16Cl2N2O2S/c21-10-5-6-13(22)12(9-10)14-7-8-15(26-14)18-23-19(25)17-11-3-1-2-4-16(11)27-20(17)24-18/h5-9,18,24H,1-4H2,(H,23,25). The molecule has 2 aromatic heterocycles. The lowest BCUT2D eigenvalue weighted by Crippen LogP contribution is -2.38. The maximum Gasteiger partial charge on any atom is 0.256 e. The van der Waals surface area contributed by atoms with Crippen LogP contribution in [0, 0.1) is 0 Å². The molecular weight excluding hydrogens is 403 g/mol. The maximum absolute atomic E-state index is 12.8. The summed E-state index contributed by atoms with van der Waals surface area (Å²) < 4.78 is 5.99. The second kappa shape index (κ2) is 6.59. The highest BCUT2D eigenvalue weighted by Gasteiger charge is 2.33. The van der Waals surface area contributed by atoms with Gasteiger partial charge in [-0.25, -0.2) is 0 Å². The van der Waals surface area contributed by atoms with Crippen LogP contribution in [0.3, 0.4) is 0 Å². The van der Waals surface area contributed by atoms with E-state index in [1.807, 2.05) is 12.1 Å². The van der Waals surface area contributed by atoms with Gasteiger partial charge in [-0.15, -0.1) is 11.3 Å². The quantitative estimate of drug-likeness (QED) is 0.532. The molecule has 5 rings (SSSR count). The highest BCUT2D eigenvalue weighted by molar-refractivity contribution is 7.16. The molecule has 138 valence electrons. The lowest BCUT2D eigenvalue weighted by Gasteiger charge is -2.25. The number of amides is 1. The van der Waals surface area contributed by atoms with Gasteiger partial charge in [-0.3, -0.25) is 4.79 Å². The van der Waals surface area contributed by atoms with Crippen molar-refractivity contribution in [1.82, 2.24) is 5.32 Å². The second-order valence-corrected chi connectivity index (χ2v) is 8.74. The van der Waals surface area contributed by atoms with Gasteiger partial charge < -0.3 is 15.1 Å². The minimum atomic E-state index is -0.406. The molecule has 2 N–H and O–H groups in total. The smallest absolute Gasteiger partial charge is 0.256 e. The molecule has 1 amide bonds. The molecule has 0 fully saturated rings. The van der Waals surface area contributed by atoms with Gasteiger partial charge in [0, 0.05) is 15.5 Å². The lowest BCUT2D eigenvalue weighted by molar-refractivity contribution is 0.0930. The predicted octanol–water partition coefficient (Wildman–Crippen LogP) is 6.05. The molecule has 3 aromatic rings. The van der Waals surface area contributed by atoms with Crippen molar-refractivity contribution in [2.75, 3.05) is 5.32 Å². The minimum Gasteiger partial charge on any atom is -0.457 e. The van der Waals surface area contributed by atoms with E-state index in [1.165, 1.54) is 16.9 Å². The van der Waals surface area contributed by atoms with Crippen LogP contribution in [0.25, 0.3) is 11.3 Å². The number of nitrogens with one attached hydrogen (secondary N) is 2. The highest BCUT2D eigenvalue weighted by atomic mass is 35.5. The molecule has 0 saturated heterocycles. The van der Waals surface area contributed by atoms with E-state index in [9.17, 15) is 4.79 Å². The molecule has 0 radical (unpaired) electrons. The Bertz CT molecular complexity index is 1060. The first-order chi connectivity index (χ1) is 13.1. The number of benzene rings is 1. The number of hydrogen-bond donors (Lipinski definition) is 2. The van der Waals surface area contributed by atoms with Crippen molar-refractivity contribution in [2.45, 2.75) is 31.8 Å². The summed E-state index contributed by atoms with van der Waals surface area (Å²) in [4.78, 5) is 14.1. The number of hydrogen-bond acceptors (Lipinski definition) is 4. The Kier molecular flexibility index (Phi) is 4.19. The average molecular weight is 419 g/mol. The van der Waals surface area contributed by atoms with Crippen molar-refractivity contribution in [3.05, 3.63) is 62.1 Å². The molecule has 4 nitrogen and oxygen atoms in total. The summed E-state index contributed by atoms with van der Waals surface area (Å²) >= 11 is 14.0. The van der Waals surface area contributed by atoms with Gasteiger partial charge in [0.05, 0.1) is 10.6 Å². The minimum absolute atomic E-state index is 0.0353. The number of furan rings is 1. The van der Waals surface area contributed by atoms with Gasteiger partial charge in [0.2, 0.25) is 0 Å². The van der Waals surface area contributed by atoms with Crippen molar-refractivity contribution in [3.8, 4) is 11.3 Å². The fourth-order valence-corrected chi connectivity index (χ4v) is 5.46. The van der Waals surface area contributed by atoms with Gasteiger partial charge in [-0.2, -0.15) is 0 Å². The van der Waals surface area contributed by atoms with Crippen molar-refractivity contribution in [1.29, 1.82) is 0 Å². The van der Waals surface area contributed by atoms with Crippen molar-refractivity contribution in [2.24, 2.45) is 0 Å². The first kappa shape index (κ1) is 17.2. The van der Waals surface area contributed by atoms with Crippen LogP contribution in [0.1, 0.15) is 45.6 Å². The third-order valence-electron chi connectivity index (χ3n) is 5.05. The van der Waals surface area contributed by atoms with Gasteiger partial charge in [0.1, 0.15) is 16.5 Å². The van der Waals surface area contributed by atoms with Crippen LogP contribution < -0.4 is 10.6 Å². The lowest BCUT2D eigenvalue weighted by atomic mass is 9.94. The van der Waals surface area contributed by atoms with Crippen molar-refractivity contribution >= 4 is 45.4 Å². The Morgan fingerprint density at radius 1 is 1.07 bits per heavy atom. The Balaban J connectivity index is 1.47. The summed E-state index contributed by atoms with van der Waals surface area (Å²) in [6.45, 7) is 0. The molecule has 1 aromatic carbocycles. The third-order valence-corrected chi connectivity index (χ3v) is 6.84. The summed E-state index contributed by atoms with van der Waals surface area (Å²) in [5.74, 6) is 1.21. The highest BCUT2D eigenvalue weighted by Crippen LogP contribution is 2.42. The van der Waals surface area contributed by atoms with Gasteiger partial charge in [0.25, 0.3) is 5.91 Å². The predicted molar refractivity (Wildman–Crippen MR) is 109 cm³/mol. The van der Waals surface area contributed by atoms with Gasteiger partial charge >= 0.3 is 0 Å². The monoisotopic (exact) mass is 418 g/mol. The number of fused-ring (bicyclic) bond motifs is 3. The van der Waals surface area contributed by atoms with Crippen molar-refractivity contribution < 1.29 is 9.21 Å². The van der Waals surface area contributed by atoms with E-state index < -0.39 is 6.17 Å². The summed E-state index contributed by atoms with van der Waals surface area (Å²) in [5, 5.41) is 8.54. The Morgan fingerprint density at radius 3 is 2.81 bits per heavy atom. The maximum atomic E-state index is 12.8.